The highest BCUT2D eigenvalue weighted by Gasteiger charge is 2.12. The Kier molecular flexibility index (Phi) is 4.13. The molecule has 98 valence electrons. The number of rotatable bonds is 4. The van der Waals surface area contributed by atoms with Crippen LogP contribution in [0, 0.1) is 6.92 Å². The van der Waals surface area contributed by atoms with Crippen LogP contribution in [0.1, 0.15) is 22.8 Å². The molecule has 0 bridgehead atoms. The maximum Gasteiger partial charge on any atom is 0.339 e. The van der Waals surface area contributed by atoms with E-state index in [2.05, 4.69) is 10.3 Å². The third kappa shape index (κ3) is 3.55. The van der Waals surface area contributed by atoms with Gasteiger partial charge in [-0.1, -0.05) is 0 Å². The molecule has 19 heavy (non-hydrogen) atoms. The van der Waals surface area contributed by atoms with E-state index >= 15 is 0 Å². The molecule has 0 saturated heterocycles. The Morgan fingerprint density at radius 1 is 1.26 bits per heavy atom. The molecule has 0 fully saturated rings. The van der Waals surface area contributed by atoms with Crippen molar-refractivity contribution in [2.45, 2.75) is 13.8 Å². The molecule has 0 saturated carbocycles. The summed E-state index contributed by atoms with van der Waals surface area (Å²) in [6, 6.07) is 10.9. The number of aryl methyl sites for hydroxylation is 1. The maximum absolute atomic E-state index is 12.0. The third-order valence-corrected chi connectivity index (χ3v) is 2.63. The number of amides is 1. The van der Waals surface area contributed by atoms with E-state index in [1.54, 1.807) is 30.5 Å². The Balaban J connectivity index is 2.07. The number of H-pyrrole nitrogens is 1. The second kappa shape index (κ2) is 6.00. The van der Waals surface area contributed by atoms with Gasteiger partial charge in [0.25, 0.3) is 5.82 Å². The summed E-state index contributed by atoms with van der Waals surface area (Å²) in [5, 5.41) is 2.82. The topological polar surface area (TPSA) is 52.5 Å². The predicted octanol–water partition coefficient (Wildman–Crippen LogP) is 2.46. The largest absolute Gasteiger partial charge is 0.494 e. The van der Waals surface area contributed by atoms with E-state index in [1.807, 2.05) is 26.0 Å². The molecule has 1 aromatic carbocycles. The van der Waals surface area contributed by atoms with E-state index < -0.39 is 0 Å². The first kappa shape index (κ1) is 13.1. The number of aromatic nitrogens is 1. The summed E-state index contributed by atoms with van der Waals surface area (Å²) in [6.07, 6.45) is 1.79. The molecule has 1 amide bonds. The second-order valence-electron chi connectivity index (χ2n) is 4.19. The molecule has 0 spiro atoms. The quantitative estimate of drug-likeness (QED) is 0.914. The van der Waals surface area contributed by atoms with Crippen molar-refractivity contribution in [1.82, 2.24) is 0 Å². The van der Waals surface area contributed by atoms with E-state index in [0.29, 0.717) is 18.0 Å². The molecule has 0 aliphatic carbocycles. The smallest absolute Gasteiger partial charge is 0.339 e. The minimum atomic E-state index is -0.148. The zero-order valence-electron chi connectivity index (χ0n) is 11.1. The summed E-state index contributed by atoms with van der Waals surface area (Å²) >= 11 is 0. The number of carbonyl (C=O) groups is 1. The van der Waals surface area contributed by atoms with Crippen molar-refractivity contribution in [1.29, 1.82) is 0 Å². The molecule has 2 rings (SSSR count). The van der Waals surface area contributed by atoms with Gasteiger partial charge in [-0.3, -0.25) is 0 Å². The second-order valence-corrected chi connectivity index (χ2v) is 4.19. The van der Waals surface area contributed by atoms with Gasteiger partial charge in [0.1, 0.15) is 5.75 Å². The lowest BCUT2D eigenvalue weighted by atomic mass is 10.2. The molecular formula is C15H17N2O2+. The first-order valence-corrected chi connectivity index (χ1v) is 6.21. The van der Waals surface area contributed by atoms with Gasteiger partial charge in [-0.05, 0) is 49.7 Å². The lowest BCUT2D eigenvalue weighted by Gasteiger charge is -2.03. The molecule has 2 aromatic rings. The molecule has 0 radical (unpaired) electrons. The fourth-order valence-electron chi connectivity index (χ4n) is 1.72. The zero-order valence-corrected chi connectivity index (χ0v) is 11.1. The maximum atomic E-state index is 12.0. The van der Waals surface area contributed by atoms with Gasteiger partial charge in [-0.15, -0.1) is 0 Å². The van der Waals surface area contributed by atoms with Gasteiger partial charge in [-0.25, -0.2) is 15.1 Å². The van der Waals surface area contributed by atoms with Gasteiger partial charge in [0, 0.05) is 6.07 Å². The van der Waals surface area contributed by atoms with E-state index in [-0.39, 0.29) is 5.91 Å². The number of carbonyl (C=O) groups excluding carboxylic acids is 1. The van der Waals surface area contributed by atoms with Crippen molar-refractivity contribution in [3.63, 3.8) is 0 Å². The Hall–Kier alpha value is -2.36. The number of aromatic amines is 1. The first-order valence-electron chi connectivity index (χ1n) is 6.21. The van der Waals surface area contributed by atoms with Crippen LogP contribution >= 0.6 is 0 Å². The van der Waals surface area contributed by atoms with Gasteiger partial charge in [-0.2, -0.15) is 0 Å². The van der Waals surface area contributed by atoms with Crippen LogP contribution in [-0.4, -0.2) is 12.5 Å². The van der Waals surface area contributed by atoms with Crippen molar-refractivity contribution in [2.24, 2.45) is 0 Å². The van der Waals surface area contributed by atoms with Gasteiger partial charge < -0.3 is 4.74 Å². The summed E-state index contributed by atoms with van der Waals surface area (Å²) in [6.45, 7) is 4.51. The Morgan fingerprint density at radius 2 is 2.00 bits per heavy atom. The minimum absolute atomic E-state index is 0.148. The molecule has 0 atom stereocenters. The van der Waals surface area contributed by atoms with E-state index in [0.717, 1.165) is 11.3 Å². The van der Waals surface area contributed by atoms with Crippen molar-refractivity contribution in [3.05, 3.63) is 53.7 Å². The van der Waals surface area contributed by atoms with Gasteiger partial charge in [0.05, 0.1) is 18.4 Å². The van der Waals surface area contributed by atoms with Gasteiger partial charge >= 0.3 is 5.91 Å². The zero-order chi connectivity index (χ0) is 13.7. The Morgan fingerprint density at radius 3 is 2.63 bits per heavy atom. The lowest BCUT2D eigenvalue weighted by Crippen LogP contribution is -2.19. The number of hydrogen-bond donors (Lipinski definition) is 1. The average molecular weight is 257 g/mol. The Labute approximate surface area is 112 Å². The van der Waals surface area contributed by atoms with E-state index in [4.69, 9.17) is 4.74 Å². The van der Waals surface area contributed by atoms with Crippen molar-refractivity contribution in [2.75, 3.05) is 11.9 Å². The minimum Gasteiger partial charge on any atom is -0.494 e. The summed E-state index contributed by atoms with van der Waals surface area (Å²) in [5.74, 6) is 1.30. The van der Waals surface area contributed by atoms with Crippen LogP contribution in [0.3, 0.4) is 0 Å². The van der Waals surface area contributed by atoms with Crippen LogP contribution in [0.15, 0.2) is 42.6 Å². The van der Waals surface area contributed by atoms with Crippen LogP contribution < -0.4 is 15.0 Å². The number of ether oxygens (including phenoxy) is 1. The highest BCUT2D eigenvalue weighted by atomic mass is 16.5. The van der Waals surface area contributed by atoms with E-state index in [9.17, 15) is 4.79 Å². The van der Waals surface area contributed by atoms with E-state index in [1.165, 1.54) is 0 Å². The standard InChI is InChI=1S/C15H16N2O2/c1-3-19-13-6-4-12(5-7-13)15(18)17-14-10-11(2)8-9-16-14/h4-10H,3H2,1-2H3,(H,16,17,18)/p+1. The molecule has 0 aliphatic heterocycles. The average Bonchev–Trinajstić information content (AvgIpc) is 2.40. The van der Waals surface area contributed by atoms with Gasteiger partial charge in [0.15, 0.2) is 0 Å². The molecular weight excluding hydrogens is 240 g/mol. The molecule has 0 aliphatic rings. The summed E-state index contributed by atoms with van der Waals surface area (Å²) in [4.78, 5) is 15.0. The molecule has 1 heterocycles. The SMILES string of the molecule is CCOc1ccc(C(=O)Nc2cc(C)cc[nH+]2)cc1. The molecule has 4 heteroatoms. The summed E-state index contributed by atoms with van der Waals surface area (Å²) < 4.78 is 5.34. The highest BCUT2D eigenvalue weighted by Crippen LogP contribution is 2.13. The fourth-order valence-corrected chi connectivity index (χ4v) is 1.72. The molecule has 4 nitrogen and oxygen atoms in total. The number of pyridine rings is 1. The molecule has 1 aromatic heterocycles. The van der Waals surface area contributed by atoms with Crippen LogP contribution in [-0.2, 0) is 0 Å². The number of nitrogens with one attached hydrogen (secondary N) is 2. The monoisotopic (exact) mass is 257 g/mol. The normalized spacial score (nSPS) is 10.0. The van der Waals surface area contributed by atoms with Crippen LogP contribution in [0.2, 0.25) is 0 Å². The summed E-state index contributed by atoms with van der Waals surface area (Å²) in [5.41, 5.74) is 1.68. The Bertz CT molecular complexity index is 565. The van der Waals surface area contributed by atoms with Crippen molar-refractivity contribution >= 4 is 11.7 Å². The lowest BCUT2D eigenvalue weighted by molar-refractivity contribution is -0.360. The van der Waals surface area contributed by atoms with Crippen molar-refractivity contribution < 1.29 is 14.5 Å². The van der Waals surface area contributed by atoms with Gasteiger partial charge in [0.2, 0.25) is 0 Å². The number of hydrogen-bond acceptors (Lipinski definition) is 2. The highest BCUT2D eigenvalue weighted by molar-refractivity contribution is 6.03. The molecule has 0 unspecified atom stereocenters. The number of benzene rings is 1. The summed E-state index contributed by atoms with van der Waals surface area (Å²) in [7, 11) is 0. The van der Waals surface area contributed by atoms with Crippen LogP contribution in [0.5, 0.6) is 5.75 Å². The molecule has 2 N–H and O–H groups in total. The fraction of sp³-hybridized carbons (Fsp3) is 0.200. The van der Waals surface area contributed by atoms with Crippen LogP contribution in [0.4, 0.5) is 5.82 Å². The predicted molar refractivity (Wildman–Crippen MR) is 73.3 cm³/mol. The first-order chi connectivity index (χ1) is 9.19. The van der Waals surface area contributed by atoms with Crippen LogP contribution in [0.25, 0.3) is 0 Å². The third-order valence-electron chi connectivity index (χ3n) is 2.63. The van der Waals surface area contributed by atoms with Crippen molar-refractivity contribution in [3.8, 4) is 5.75 Å². The number of anilines is 1.